The highest BCUT2D eigenvalue weighted by Crippen LogP contribution is 2.33. The molecule has 0 aliphatic heterocycles. The summed E-state index contributed by atoms with van der Waals surface area (Å²) < 4.78 is 5.34. The van der Waals surface area contributed by atoms with E-state index in [1.807, 2.05) is 24.5 Å². The Hall–Kier alpha value is -1.57. The molecule has 2 heteroatoms. The summed E-state index contributed by atoms with van der Waals surface area (Å²) in [6.07, 6.45) is 3.74. The minimum atomic E-state index is 0.0931. The SMILES string of the molecule is COc1cc(C(C)(C)C)c2cnccc2c1. The van der Waals surface area contributed by atoms with Crippen molar-refractivity contribution < 1.29 is 4.74 Å². The Morgan fingerprint density at radius 3 is 2.56 bits per heavy atom. The maximum Gasteiger partial charge on any atom is 0.119 e. The second-order valence-corrected chi connectivity index (χ2v) is 5.02. The van der Waals surface area contributed by atoms with Gasteiger partial charge < -0.3 is 4.74 Å². The van der Waals surface area contributed by atoms with E-state index in [1.165, 1.54) is 16.3 Å². The molecule has 0 fully saturated rings. The molecule has 0 saturated heterocycles. The largest absolute Gasteiger partial charge is 0.497 e. The summed E-state index contributed by atoms with van der Waals surface area (Å²) in [6.45, 7) is 6.61. The number of nitrogens with zero attached hydrogens (tertiary/aromatic N) is 1. The first-order valence-corrected chi connectivity index (χ1v) is 5.44. The van der Waals surface area contributed by atoms with E-state index in [4.69, 9.17) is 4.74 Å². The Labute approximate surface area is 96.3 Å². The van der Waals surface area contributed by atoms with E-state index in [1.54, 1.807) is 7.11 Å². The highest BCUT2D eigenvalue weighted by Gasteiger charge is 2.18. The second-order valence-electron chi connectivity index (χ2n) is 5.02. The first-order valence-electron chi connectivity index (χ1n) is 5.44. The van der Waals surface area contributed by atoms with E-state index < -0.39 is 0 Å². The Morgan fingerprint density at radius 1 is 1.19 bits per heavy atom. The van der Waals surface area contributed by atoms with Gasteiger partial charge in [-0.15, -0.1) is 0 Å². The van der Waals surface area contributed by atoms with E-state index in [-0.39, 0.29) is 5.41 Å². The minimum absolute atomic E-state index is 0.0931. The summed E-state index contributed by atoms with van der Waals surface area (Å²) in [5.74, 6) is 0.906. The van der Waals surface area contributed by atoms with E-state index in [0.717, 1.165) is 5.75 Å². The number of benzene rings is 1. The fourth-order valence-electron chi connectivity index (χ4n) is 1.91. The molecular weight excluding hydrogens is 198 g/mol. The van der Waals surface area contributed by atoms with Crippen LogP contribution in [0.15, 0.2) is 30.6 Å². The highest BCUT2D eigenvalue weighted by molar-refractivity contribution is 5.87. The van der Waals surface area contributed by atoms with Gasteiger partial charge in [-0.3, -0.25) is 4.98 Å². The maximum atomic E-state index is 5.34. The van der Waals surface area contributed by atoms with Crippen LogP contribution in [0.1, 0.15) is 26.3 Å². The number of methoxy groups -OCH3 is 1. The number of hydrogen-bond donors (Lipinski definition) is 0. The monoisotopic (exact) mass is 215 g/mol. The van der Waals surface area contributed by atoms with Crippen molar-refractivity contribution in [1.29, 1.82) is 0 Å². The van der Waals surface area contributed by atoms with Crippen molar-refractivity contribution in [3.63, 3.8) is 0 Å². The minimum Gasteiger partial charge on any atom is -0.497 e. The van der Waals surface area contributed by atoms with Crippen molar-refractivity contribution in [1.82, 2.24) is 4.98 Å². The van der Waals surface area contributed by atoms with Crippen LogP contribution in [-0.4, -0.2) is 12.1 Å². The number of ether oxygens (including phenoxy) is 1. The zero-order chi connectivity index (χ0) is 11.8. The predicted octanol–water partition coefficient (Wildman–Crippen LogP) is 3.54. The van der Waals surface area contributed by atoms with Gasteiger partial charge in [0.25, 0.3) is 0 Å². The standard InChI is InChI=1S/C14H17NO/c1-14(2,3)13-8-11(16-4)7-10-5-6-15-9-12(10)13/h5-9H,1-4H3. The third-order valence-electron chi connectivity index (χ3n) is 2.77. The number of rotatable bonds is 1. The molecular formula is C14H17NO. The molecule has 0 N–H and O–H groups in total. The van der Waals surface area contributed by atoms with Gasteiger partial charge in [-0.05, 0) is 34.6 Å². The van der Waals surface area contributed by atoms with Crippen LogP contribution in [0.25, 0.3) is 10.8 Å². The molecule has 0 spiro atoms. The van der Waals surface area contributed by atoms with Crippen LogP contribution in [0, 0.1) is 0 Å². The van der Waals surface area contributed by atoms with Crippen LogP contribution in [0.5, 0.6) is 5.75 Å². The zero-order valence-corrected chi connectivity index (χ0v) is 10.2. The third-order valence-corrected chi connectivity index (χ3v) is 2.77. The molecule has 0 aliphatic carbocycles. The molecule has 0 unspecified atom stereocenters. The normalized spacial score (nSPS) is 11.8. The van der Waals surface area contributed by atoms with Gasteiger partial charge in [-0.1, -0.05) is 20.8 Å². The third kappa shape index (κ3) is 1.87. The van der Waals surface area contributed by atoms with Gasteiger partial charge in [0.2, 0.25) is 0 Å². The lowest BCUT2D eigenvalue weighted by Gasteiger charge is -2.22. The molecule has 0 radical (unpaired) electrons. The van der Waals surface area contributed by atoms with Crippen molar-refractivity contribution >= 4 is 10.8 Å². The number of pyridine rings is 1. The van der Waals surface area contributed by atoms with Gasteiger partial charge in [0, 0.05) is 17.8 Å². The fraction of sp³-hybridized carbons (Fsp3) is 0.357. The van der Waals surface area contributed by atoms with E-state index >= 15 is 0 Å². The lowest BCUT2D eigenvalue weighted by atomic mass is 9.84. The average Bonchev–Trinajstić information content (AvgIpc) is 2.26. The highest BCUT2D eigenvalue weighted by atomic mass is 16.5. The first-order chi connectivity index (χ1) is 7.52. The van der Waals surface area contributed by atoms with Gasteiger partial charge in [-0.2, -0.15) is 0 Å². The molecule has 0 amide bonds. The summed E-state index contributed by atoms with van der Waals surface area (Å²) in [4.78, 5) is 4.20. The summed E-state index contributed by atoms with van der Waals surface area (Å²) in [5.41, 5.74) is 1.37. The Bertz CT molecular complexity index is 512. The second kappa shape index (κ2) is 3.78. The Kier molecular flexibility index (Phi) is 2.58. The molecule has 2 nitrogen and oxygen atoms in total. The molecule has 1 aromatic heterocycles. The fourth-order valence-corrected chi connectivity index (χ4v) is 1.91. The molecule has 0 bridgehead atoms. The van der Waals surface area contributed by atoms with Crippen LogP contribution in [0.4, 0.5) is 0 Å². The van der Waals surface area contributed by atoms with Crippen LogP contribution in [-0.2, 0) is 5.41 Å². The number of hydrogen-bond acceptors (Lipinski definition) is 2. The van der Waals surface area contributed by atoms with Gasteiger partial charge >= 0.3 is 0 Å². The van der Waals surface area contributed by atoms with E-state index in [9.17, 15) is 0 Å². The summed E-state index contributed by atoms with van der Waals surface area (Å²) in [6, 6.07) is 6.17. The van der Waals surface area contributed by atoms with Crippen molar-refractivity contribution in [2.45, 2.75) is 26.2 Å². The molecule has 84 valence electrons. The molecule has 2 rings (SSSR count). The van der Waals surface area contributed by atoms with E-state index in [0.29, 0.717) is 0 Å². The lowest BCUT2D eigenvalue weighted by molar-refractivity contribution is 0.413. The van der Waals surface area contributed by atoms with Crippen molar-refractivity contribution in [3.05, 3.63) is 36.2 Å². The summed E-state index contributed by atoms with van der Waals surface area (Å²) >= 11 is 0. The van der Waals surface area contributed by atoms with Gasteiger partial charge in [0.1, 0.15) is 5.75 Å². The van der Waals surface area contributed by atoms with Gasteiger partial charge in [0.15, 0.2) is 0 Å². The van der Waals surface area contributed by atoms with Crippen LogP contribution in [0.3, 0.4) is 0 Å². The smallest absolute Gasteiger partial charge is 0.119 e. The molecule has 0 saturated carbocycles. The van der Waals surface area contributed by atoms with Crippen LogP contribution < -0.4 is 4.74 Å². The molecule has 0 atom stereocenters. The van der Waals surface area contributed by atoms with Crippen molar-refractivity contribution in [2.24, 2.45) is 0 Å². The number of fused-ring (bicyclic) bond motifs is 1. The molecule has 1 heterocycles. The van der Waals surface area contributed by atoms with E-state index in [2.05, 4.69) is 31.8 Å². The molecule has 1 aromatic carbocycles. The topological polar surface area (TPSA) is 22.1 Å². The summed E-state index contributed by atoms with van der Waals surface area (Å²) in [5, 5.41) is 2.38. The molecule has 0 aliphatic rings. The molecule has 2 aromatic rings. The van der Waals surface area contributed by atoms with Crippen LogP contribution in [0.2, 0.25) is 0 Å². The maximum absolute atomic E-state index is 5.34. The zero-order valence-electron chi connectivity index (χ0n) is 10.2. The summed E-state index contributed by atoms with van der Waals surface area (Å²) in [7, 11) is 1.70. The molecule has 16 heavy (non-hydrogen) atoms. The van der Waals surface area contributed by atoms with Crippen molar-refractivity contribution in [3.8, 4) is 5.75 Å². The quantitative estimate of drug-likeness (QED) is 0.726. The first kappa shape index (κ1) is 10.9. The lowest BCUT2D eigenvalue weighted by Crippen LogP contribution is -2.12. The van der Waals surface area contributed by atoms with Gasteiger partial charge in [-0.25, -0.2) is 0 Å². The Balaban J connectivity index is 2.79. The average molecular weight is 215 g/mol. The van der Waals surface area contributed by atoms with Crippen LogP contribution >= 0.6 is 0 Å². The number of aromatic nitrogens is 1. The predicted molar refractivity (Wildman–Crippen MR) is 67.0 cm³/mol. The van der Waals surface area contributed by atoms with Gasteiger partial charge in [0.05, 0.1) is 7.11 Å². The van der Waals surface area contributed by atoms with Crippen molar-refractivity contribution in [2.75, 3.05) is 7.11 Å². The Morgan fingerprint density at radius 2 is 1.94 bits per heavy atom.